The molecule has 0 spiro atoms. The minimum atomic E-state index is 0. The first kappa shape index (κ1) is 16.5. The smallest absolute Gasteiger partial charge is 0.412 e. The molecule has 1 unspecified atom stereocenters. The van der Waals surface area contributed by atoms with Gasteiger partial charge in [-0.05, 0) is 12.3 Å². The van der Waals surface area contributed by atoms with Crippen molar-refractivity contribution in [3.63, 3.8) is 0 Å². The summed E-state index contributed by atoms with van der Waals surface area (Å²) in [6.45, 7) is 5.39. The first-order chi connectivity index (χ1) is 5.70. The molecule has 1 atom stereocenters. The Hall–Kier alpha value is 1.11. The topological polar surface area (TPSA) is 12.0 Å². The van der Waals surface area contributed by atoms with Crippen LogP contribution in [-0.4, -0.2) is 10.9 Å². The van der Waals surface area contributed by atoms with Crippen molar-refractivity contribution in [1.82, 2.24) is 5.32 Å². The van der Waals surface area contributed by atoms with Crippen LogP contribution in [-0.2, 0) is 12.6 Å². The van der Waals surface area contributed by atoms with Crippen LogP contribution in [0.2, 0.25) is 0 Å². The van der Waals surface area contributed by atoms with E-state index in [9.17, 15) is 0 Å². The van der Waals surface area contributed by atoms with E-state index in [0.29, 0.717) is 4.32 Å². The van der Waals surface area contributed by atoms with Gasteiger partial charge in [-0.15, -0.1) is 0 Å². The molecule has 0 radical (unpaired) electrons. The van der Waals surface area contributed by atoms with Crippen molar-refractivity contribution >= 4 is 29.2 Å². The molecule has 4 heteroatoms. The molecule has 0 saturated heterocycles. The Morgan fingerprint density at radius 1 is 1.46 bits per heavy atom. The first-order valence-electron chi connectivity index (χ1n) is 4.65. The molecule has 13 heavy (non-hydrogen) atoms. The van der Waals surface area contributed by atoms with E-state index >= 15 is 0 Å². The molecule has 1 N–H and O–H groups in total. The van der Waals surface area contributed by atoms with Gasteiger partial charge in [0.2, 0.25) is 0 Å². The summed E-state index contributed by atoms with van der Waals surface area (Å²) in [4.78, 5) is 0. The minimum Gasteiger partial charge on any atom is -0.412 e. The SMILES string of the molecule is CCCCC(CC)CNC(=S)[S-].[Na+]. The van der Waals surface area contributed by atoms with Gasteiger partial charge < -0.3 is 30.2 Å². The second-order valence-electron chi connectivity index (χ2n) is 3.08. The van der Waals surface area contributed by atoms with Crippen molar-refractivity contribution in [3.05, 3.63) is 0 Å². The third-order valence-electron chi connectivity index (χ3n) is 2.08. The predicted octanol–water partition coefficient (Wildman–Crippen LogP) is -0.372. The zero-order valence-corrected chi connectivity index (χ0v) is 12.6. The Kier molecular flexibility index (Phi) is 14.2. The Morgan fingerprint density at radius 3 is 2.46 bits per heavy atom. The molecular formula is C9H18NNaS2. The second kappa shape index (κ2) is 11.2. The van der Waals surface area contributed by atoms with Crippen LogP contribution in [0.15, 0.2) is 0 Å². The third kappa shape index (κ3) is 11.0. The van der Waals surface area contributed by atoms with E-state index in [1.807, 2.05) is 0 Å². The molecule has 0 aromatic rings. The van der Waals surface area contributed by atoms with Crippen molar-refractivity contribution in [2.75, 3.05) is 6.54 Å². The van der Waals surface area contributed by atoms with Gasteiger partial charge in [-0.3, -0.25) is 0 Å². The molecule has 0 aliphatic heterocycles. The van der Waals surface area contributed by atoms with Gasteiger partial charge in [0.1, 0.15) is 0 Å². The molecule has 0 amide bonds. The second-order valence-corrected chi connectivity index (χ2v) is 4.16. The summed E-state index contributed by atoms with van der Waals surface area (Å²) in [6.07, 6.45) is 5.09. The summed E-state index contributed by atoms with van der Waals surface area (Å²) < 4.78 is 0.505. The average Bonchev–Trinajstić information content (AvgIpc) is 2.05. The Balaban J connectivity index is 0. The summed E-state index contributed by atoms with van der Waals surface area (Å²) in [5.41, 5.74) is 0. The fraction of sp³-hybridized carbons (Fsp3) is 0.889. The van der Waals surface area contributed by atoms with Crippen LogP contribution >= 0.6 is 12.2 Å². The molecule has 1 nitrogen and oxygen atoms in total. The van der Waals surface area contributed by atoms with Crippen LogP contribution < -0.4 is 34.9 Å². The van der Waals surface area contributed by atoms with Gasteiger partial charge in [-0.1, -0.05) is 37.4 Å². The summed E-state index contributed by atoms with van der Waals surface area (Å²) in [5.74, 6) is 0.742. The fourth-order valence-corrected chi connectivity index (χ4v) is 1.34. The van der Waals surface area contributed by atoms with Gasteiger partial charge in [-0.2, -0.15) is 0 Å². The maximum absolute atomic E-state index is 4.78. The number of hydrogen-bond donors (Lipinski definition) is 1. The maximum atomic E-state index is 4.78. The van der Waals surface area contributed by atoms with Crippen LogP contribution in [0.3, 0.4) is 0 Å². The average molecular weight is 227 g/mol. The zero-order valence-electron chi connectivity index (χ0n) is 8.93. The summed E-state index contributed by atoms with van der Waals surface area (Å²) in [5, 5.41) is 3.05. The largest absolute Gasteiger partial charge is 1.00 e. The normalized spacial score (nSPS) is 11.5. The molecule has 0 heterocycles. The molecule has 0 aromatic heterocycles. The van der Waals surface area contributed by atoms with Gasteiger partial charge in [0.25, 0.3) is 0 Å². The number of rotatable bonds is 6. The van der Waals surface area contributed by atoms with E-state index in [4.69, 9.17) is 24.8 Å². The van der Waals surface area contributed by atoms with Gasteiger partial charge in [0.05, 0.1) is 0 Å². The minimum absolute atomic E-state index is 0. The Bertz CT molecular complexity index is 131. The Labute approximate surface area is 115 Å². The van der Waals surface area contributed by atoms with Gasteiger partial charge in [-0.25, -0.2) is 0 Å². The van der Waals surface area contributed by atoms with Crippen LogP contribution in [0.1, 0.15) is 39.5 Å². The predicted molar refractivity (Wildman–Crippen MR) is 61.3 cm³/mol. The maximum Gasteiger partial charge on any atom is 1.00 e. The molecule has 0 fully saturated rings. The fourth-order valence-electron chi connectivity index (χ4n) is 1.17. The molecule has 0 aliphatic carbocycles. The first-order valence-corrected chi connectivity index (χ1v) is 5.47. The molecule has 0 aliphatic rings. The van der Waals surface area contributed by atoms with Crippen LogP contribution in [0.5, 0.6) is 0 Å². The number of hydrogen-bond acceptors (Lipinski definition) is 2. The van der Waals surface area contributed by atoms with Crippen molar-refractivity contribution < 1.29 is 29.6 Å². The molecular weight excluding hydrogens is 209 g/mol. The Morgan fingerprint density at radius 2 is 2.08 bits per heavy atom. The van der Waals surface area contributed by atoms with E-state index in [0.717, 1.165) is 12.5 Å². The van der Waals surface area contributed by atoms with Crippen molar-refractivity contribution in [3.8, 4) is 0 Å². The van der Waals surface area contributed by atoms with Crippen molar-refractivity contribution in [2.24, 2.45) is 5.92 Å². The molecule has 0 rings (SSSR count). The van der Waals surface area contributed by atoms with Gasteiger partial charge in [0.15, 0.2) is 0 Å². The van der Waals surface area contributed by atoms with Crippen molar-refractivity contribution in [2.45, 2.75) is 39.5 Å². The molecule has 0 aromatic carbocycles. The molecule has 0 bridgehead atoms. The van der Waals surface area contributed by atoms with E-state index in [1.54, 1.807) is 0 Å². The zero-order chi connectivity index (χ0) is 9.40. The summed E-state index contributed by atoms with van der Waals surface area (Å²) in [6, 6.07) is 0. The van der Waals surface area contributed by atoms with E-state index in [2.05, 4.69) is 19.2 Å². The van der Waals surface area contributed by atoms with Crippen molar-refractivity contribution in [1.29, 1.82) is 0 Å². The van der Waals surface area contributed by atoms with Crippen LogP contribution in [0.25, 0.3) is 0 Å². The third-order valence-corrected chi connectivity index (χ3v) is 2.37. The van der Waals surface area contributed by atoms with E-state index in [1.165, 1.54) is 25.7 Å². The van der Waals surface area contributed by atoms with Crippen LogP contribution in [0.4, 0.5) is 0 Å². The van der Waals surface area contributed by atoms with Gasteiger partial charge >= 0.3 is 29.6 Å². The summed E-state index contributed by atoms with van der Waals surface area (Å²) >= 11 is 9.56. The van der Waals surface area contributed by atoms with E-state index < -0.39 is 0 Å². The summed E-state index contributed by atoms with van der Waals surface area (Å²) in [7, 11) is 0. The van der Waals surface area contributed by atoms with Gasteiger partial charge in [0, 0.05) is 6.54 Å². The standard InChI is InChI=1S/C9H19NS2.Na/c1-3-5-6-8(4-2)7-10-9(11)12;/h8H,3-7H2,1-2H3,(H2,10,11,12);/q;+1/p-1. The number of thiocarbonyl (C=S) groups is 1. The number of nitrogens with one attached hydrogen (secondary N) is 1. The molecule has 0 saturated carbocycles. The van der Waals surface area contributed by atoms with E-state index in [-0.39, 0.29) is 29.6 Å². The monoisotopic (exact) mass is 227 g/mol. The number of unbranched alkanes of at least 4 members (excludes halogenated alkanes) is 1. The quantitative estimate of drug-likeness (QED) is 0.378. The van der Waals surface area contributed by atoms with Crippen LogP contribution in [0, 0.1) is 5.92 Å². The molecule has 72 valence electrons.